The van der Waals surface area contributed by atoms with E-state index in [1.807, 2.05) is 91.0 Å². The van der Waals surface area contributed by atoms with Gasteiger partial charge < -0.3 is 4.57 Å². The lowest BCUT2D eigenvalue weighted by atomic mass is 10.0. The molecule has 1 heterocycles. The van der Waals surface area contributed by atoms with Crippen LogP contribution in [0.25, 0.3) is 49.7 Å². The monoisotopic (exact) mass is 675 g/mol. The summed E-state index contributed by atoms with van der Waals surface area (Å²) < 4.78 is 57.5. The second kappa shape index (κ2) is 12.0. The third-order valence-corrected chi connectivity index (χ3v) is 12.5. The fourth-order valence-electron chi connectivity index (χ4n) is 6.54. The van der Waals surface area contributed by atoms with Crippen LogP contribution in [0.4, 0.5) is 0 Å². The van der Waals surface area contributed by atoms with Gasteiger partial charge >= 0.3 is 0 Å². The van der Waals surface area contributed by atoms with E-state index in [1.54, 1.807) is 84.9 Å². The lowest BCUT2D eigenvalue weighted by Gasteiger charge is -2.13. The maximum atomic E-state index is 13.8. The van der Waals surface area contributed by atoms with Gasteiger partial charge in [-0.1, -0.05) is 115 Å². The maximum absolute atomic E-state index is 13.8. The van der Waals surface area contributed by atoms with Gasteiger partial charge in [0.25, 0.3) is 0 Å². The fourth-order valence-corrected chi connectivity index (χ4v) is 9.55. The predicted octanol–water partition coefficient (Wildman–Crippen LogP) is 9.78. The van der Waals surface area contributed by atoms with Gasteiger partial charge in [-0.15, -0.1) is 0 Å². The molecule has 0 bridgehead atoms. The minimum Gasteiger partial charge on any atom is -0.309 e. The highest BCUT2D eigenvalue weighted by molar-refractivity contribution is 7.92. The Labute approximate surface area is 285 Å². The highest BCUT2D eigenvalue weighted by atomic mass is 32.2. The Hall–Kier alpha value is -5.76. The zero-order valence-electron chi connectivity index (χ0n) is 26.1. The maximum Gasteiger partial charge on any atom is 0.207 e. The average molecular weight is 676 g/mol. The first kappa shape index (κ1) is 30.6. The van der Waals surface area contributed by atoms with Crippen molar-refractivity contribution in [3.63, 3.8) is 0 Å². The molecule has 0 saturated heterocycles. The number of benzene rings is 7. The van der Waals surface area contributed by atoms with E-state index in [0.717, 1.165) is 38.6 Å². The summed E-state index contributed by atoms with van der Waals surface area (Å²) in [5, 5.41) is 1.98. The molecule has 0 aliphatic rings. The summed E-state index contributed by atoms with van der Waals surface area (Å²) in [6.45, 7) is 0. The number of rotatable bonds is 7. The number of hydrogen-bond donors (Lipinski definition) is 0. The van der Waals surface area contributed by atoms with Crippen LogP contribution in [-0.4, -0.2) is 21.4 Å². The van der Waals surface area contributed by atoms with Crippen molar-refractivity contribution in [3.05, 3.63) is 176 Å². The summed E-state index contributed by atoms with van der Waals surface area (Å²) in [4.78, 5) is 0.955. The van der Waals surface area contributed by atoms with Crippen LogP contribution in [0.15, 0.2) is 196 Å². The lowest BCUT2D eigenvalue weighted by Crippen LogP contribution is -2.04. The van der Waals surface area contributed by atoms with Crippen molar-refractivity contribution in [1.82, 2.24) is 4.57 Å². The van der Waals surface area contributed by atoms with Gasteiger partial charge in [-0.05, 0) is 71.8 Å². The Balaban J connectivity index is 1.35. The van der Waals surface area contributed by atoms with Gasteiger partial charge in [0.05, 0.1) is 30.6 Å². The molecular formula is C42H29NO4S2. The van der Waals surface area contributed by atoms with Crippen LogP contribution in [0.1, 0.15) is 0 Å². The van der Waals surface area contributed by atoms with Crippen molar-refractivity contribution in [2.24, 2.45) is 0 Å². The molecule has 0 amide bonds. The second-order valence-electron chi connectivity index (χ2n) is 11.8. The molecule has 0 atom stereocenters. The molecule has 7 heteroatoms. The van der Waals surface area contributed by atoms with Gasteiger partial charge in [-0.3, -0.25) is 0 Å². The van der Waals surface area contributed by atoms with Crippen LogP contribution in [0, 0.1) is 0 Å². The van der Waals surface area contributed by atoms with Crippen LogP contribution in [0.5, 0.6) is 0 Å². The molecule has 1 aromatic heterocycles. The molecule has 0 radical (unpaired) electrons. The van der Waals surface area contributed by atoms with Gasteiger partial charge in [0, 0.05) is 27.6 Å². The first-order valence-corrected chi connectivity index (χ1v) is 18.7. The van der Waals surface area contributed by atoms with E-state index in [1.165, 1.54) is 0 Å². The third kappa shape index (κ3) is 5.24. The van der Waals surface area contributed by atoms with Crippen molar-refractivity contribution >= 4 is 41.5 Å². The molecule has 0 unspecified atom stereocenters. The van der Waals surface area contributed by atoms with Crippen LogP contribution >= 0.6 is 0 Å². The fraction of sp³-hybridized carbons (Fsp3) is 0. The Kier molecular flexibility index (Phi) is 7.51. The highest BCUT2D eigenvalue weighted by Gasteiger charge is 2.24. The molecule has 0 saturated carbocycles. The number of nitrogens with zero attached hydrogens (tertiary/aromatic N) is 1. The first-order valence-electron chi connectivity index (χ1n) is 15.8. The largest absolute Gasteiger partial charge is 0.309 e. The summed E-state index contributed by atoms with van der Waals surface area (Å²) in [7, 11) is -7.57. The van der Waals surface area contributed by atoms with Gasteiger partial charge in [-0.2, -0.15) is 0 Å². The predicted molar refractivity (Wildman–Crippen MR) is 195 cm³/mol. The molecule has 0 fully saturated rings. The Morgan fingerprint density at radius 2 is 0.735 bits per heavy atom. The molecule has 0 N–H and O–H groups in total. The summed E-state index contributed by atoms with van der Waals surface area (Å²) in [5.41, 5.74) is 5.47. The SMILES string of the molecule is O=S(=O)(c1ccccc1)c1ccccc1-c1ccc2c3ccc(-c4ccccc4S(=O)(=O)c4ccccc4)cc3n(-c3ccccc3)c2c1. The summed E-state index contributed by atoms with van der Waals surface area (Å²) in [5.74, 6) is 0. The molecule has 7 aromatic carbocycles. The van der Waals surface area contributed by atoms with E-state index in [9.17, 15) is 16.8 Å². The van der Waals surface area contributed by atoms with E-state index in [-0.39, 0.29) is 19.6 Å². The van der Waals surface area contributed by atoms with Crippen LogP contribution in [0.2, 0.25) is 0 Å². The Morgan fingerprint density at radius 1 is 0.367 bits per heavy atom. The minimum atomic E-state index is -3.79. The molecule has 0 spiro atoms. The molecule has 238 valence electrons. The van der Waals surface area contributed by atoms with Crippen molar-refractivity contribution < 1.29 is 16.8 Å². The van der Waals surface area contributed by atoms with E-state index in [4.69, 9.17) is 0 Å². The molecule has 5 nitrogen and oxygen atoms in total. The van der Waals surface area contributed by atoms with E-state index >= 15 is 0 Å². The second-order valence-corrected chi connectivity index (χ2v) is 15.6. The molecule has 8 rings (SSSR count). The summed E-state index contributed by atoms with van der Waals surface area (Å²) in [6.07, 6.45) is 0. The normalized spacial score (nSPS) is 12.0. The van der Waals surface area contributed by atoms with Crippen molar-refractivity contribution in [3.8, 4) is 27.9 Å². The van der Waals surface area contributed by atoms with Gasteiger partial charge in [-0.25, -0.2) is 16.8 Å². The minimum absolute atomic E-state index is 0.237. The van der Waals surface area contributed by atoms with Crippen molar-refractivity contribution in [2.75, 3.05) is 0 Å². The molecule has 49 heavy (non-hydrogen) atoms. The van der Waals surface area contributed by atoms with Gasteiger partial charge in [0.15, 0.2) is 0 Å². The highest BCUT2D eigenvalue weighted by Crippen LogP contribution is 2.40. The number of fused-ring (bicyclic) bond motifs is 3. The molecular weight excluding hydrogens is 647 g/mol. The number of para-hydroxylation sites is 1. The van der Waals surface area contributed by atoms with Crippen molar-refractivity contribution in [2.45, 2.75) is 19.6 Å². The number of hydrogen-bond acceptors (Lipinski definition) is 4. The van der Waals surface area contributed by atoms with Gasteiger partial charge in [0.2, 0.25) is 19.7 Å². The quantitative estimate of drug-likeness (QED) is 0.169. The molecule has 8 aromatic rings. The molecule has 0 aliphatic heterocycles. The van der Waals surface area contributed by atoms with E-state index in [0.29, 0.717) is 11.1 Å². The lowest BCUT2D eigenvalue weighted by molar-refractivity contribution is 0.594. The first-order chi connectivity index (χ1) is 23.8. The van der Waals surface area contributed by atoms with Crippen LogP contribution in [0.3, 0.4) is 0 Å². The summed E-state index contributed by atoms with van der Waals surface area (Å²) >= 11 is 0. The van der Waals surface area contributed by atoms with E-state index < -0.39 is 19.7 Å². The van der Waals surface area contributed by atoms with Crippen LogP contribution in [-0.2, 0) is 19.7 Å². The van der Waals surface area contributed by atoms with Crippen LogP contribution < -0.4 is 0 Å². The Morgan fingerprint density at radius 3 is 1.16 bits per heavy atom. The zero-order chi connectivity index (χ0) is 33.6. The number of aromatic nitrogens is 1. The number of sulfone groups is 2. The summed E-state index contributed by atoms with van der Waals surface area (Å²) in [6, 6.07) is 53.2. The zero-order valence-corrected chi connectivity index (χ0v) is 27.8. The van der Waals surface area contributed by atoms with Crippen molar-refractivity contribution in [1.29, 1.82) is 0 Å². The molecule has 0 aliphatic carbocycles. The van der Waals surface area contributed by atoms with E-state index in [2.05, 4.69) is 4.57 Å². The smallest absolute Gasteiger partial charge is 0.207 e. The van der Waals surface area contributed by atoms with Gasteiger partial charge in [0.1, 0.15) is 0 Å². The standard InChI is InChI=1S/C42H29NO4S2/c44-48(45,33-16-6-2-7-17-33)41-22-12-10-20-35(41)30-24-26-37-38-27-25-31(29-40(38)43(39(37)28-30)32-14-4-1-5-15-32)36-21-11-13-23-42(36)49(46,47)34-18-8-3-9-19-34/h1-29H. The topological polar surface area (TPSA) is 73.2 Å². The third-order valence-electron chi connectivity index (χ3n) is 8.86. The average Bonchev–Trinajstić information content (AvgIpc) is 3.49. The Bertz CT molecular complexity index is 2550.